The van der Waals surface area contributed by atoms with Crippen molar-refractivity contribution in [3.8, 4) is 11.1 Å². The summed E-state index contributed by atoms with van der Waals surface area (Å²) in [6.45, 7) is 2.28. The number of hydrogen-bond acceptors (Lipinski definition) is 2. The first-order chi connectivity index (χ1) is 12.1. The van der Waals surface area contributed by atoms with Crippen molar-refractivity contribution in [1.29, 1.82) is 0 Å². The van der Waals surface area contributed by atoms with Crippen LogP contribution < -0.4 is 5.32 Å². The highest BCUT2D eigenvalue weighted by Crippen LogP contribution is 2.36. The second-order valence-corrected chi connectivity index (χ2v) is 6.79. The average molecular weight is 340 g/mol. The molecule has 0 saturated carbocycles. The Hall–Kier alpha value is -2.40. The number of anilines is 1. The molecule has 2 aliphatic heterocycles. The molecular weight excluding hydrogens is 319 g/mol. The number of nitrogens with one attached hydrogen (secondary N) is 1. The van der Waals surface area contributed by atoms with Gasteiger partial charge < -0.3 is 15.0 Å². The maximum atomic E-state index is 13.4. The van der Waals surface area contributed by atoms with Crippen LogP contribution in [-0.4, -0.2) is 36.2 Å². The zero-order valence-electron chi connectivity index (χ0n) is 14.0. The third-order valence-electron chi connectivity index (χ3n) is 5.20. The summed E-state index contributed by atoms with van der Waals surface area (Å²) in [6.07, 6.45) is 2.92. The van der Waals surface area contributed by atoms with E-state index in [1.54, 1.807) is 6.07 Å². The molecule has 0 radical (unpaired) electrons. The van der Waals surface area contributed by atoms with Crippen molar-refractivity contribution in [3.63, 3.8) is 0 Å². The van der Waals surface area contributed by atoms with E-state index >= 15 is 0 Å². The fourth-order valence-corrected chi connectivity index (χ4v) is 3.55. The van der Waals surface area contributed by atoms with Gasteiger partial charge in [0.2, 0.25) is 0 Å². The third-order valence-corrected chi connectivity index (χ3v) is 5.20. The molecule has 0 aliphatic carbocycles. The van der Waals surface area contributed by atoms with Crippen LogP contribution in [0.15, 0.2) is 48.5 Å². The molecule has 1 N–H and O–H groups in total. The standard InChI is InChI=1S/C20H21FN2O2/c21-17-5-1-3-15(13-17)16-4-2-6-18(14-16)22-19(24)23-10-7-20(8-11-23)9-12-25-20/h1-6,13-14H,7-12H2,(H,22,24). The van der Waals surface area contributed by atoms with Gasteiger partial charge in [-0.3, -0.25) is 0 Å². The Kier molecular flexibility index (Phi) is 4.17. The lowest BCUT2D eigenvalue weighted by atomic mass is 9.84. The summed E-state index contributed by atoms with van der Waals surface area (Å²) in [5.74, 6) is -0.271. The van der Waals surface area contributed by atoms with Gasteiger partial charge in [-0.05, 0) is 54.7 Å². The van der Waals surface area contributed by atoms with E-state index in [4.69, 9.17) is 4.74 Å². The van der Waals surface area contributed by atoms with E-state index in [9.17, 15) is 9.18 Å². The molecule has 5 heteroatoms. The fraction of sp³-hybridized carbons (Fsp3) is 0.350. The lowest BCUT2D eigenvalue weighted by Gasteiger charge is -2.47. The lowest BCUT2D eigenvalue weighted by molar-refractivity contribution is -0.168. The summed E-state index contributed by atoms with van der Waals surface area (Å²) >= 11 is 0. The van der Waals surface area contributed by atoms with Gasteiger partial charge >= 0.3 is 6.03 Å². The molecule has 4 rings (SSSR count). The van der Waals surface area contributed by atoms with Crippen LogP contribution in [0, 0.1) is 5.82 Å². The highest BCUT2D eigenvalue weighted by Gasteiger charge is 2.41. The van der Waals surface area contributed by atoms with Crippen molar-refractivity contribution in [3.05, 3.63) is 54.3 Å². The van der Waals surface area contributed by atoms with Gasteiger partial charge in [0.1, 0.15) is 5.82 Å². The van der Waals surface area contributed by atoms with Crippen LogP contribution in [0.4, 0.5) is 14.9 Å². The molecule has 2 saturated heterocycles. The van der Waals surface area contributed by atoms with Crippen LogP contribution in [0.25, 0.3) is 11.1 Å². The summed E-state index contributed by atoms with van der Waals surface area (Å²) in [4.78, 5) is 14.3. The quantitative estimate of drug-likeness (QED) is 0.886. The maximum Gasteiger partial charge on any atom is 0.321 e. The molecular formula is C20H21FN2O2. The Morgan fingerprint density at radius 1 is 1.04 bits per heavy atom. The molecule has 0 atom stereocenters. The van der Waals surface area contributed by atoms with E-state index in [1.807, 2.05) is 35.2 Å². The van der Waals surface area contributed by atoms with E-state index in [-0.39, 0.29) is 17.4 Å². The van der Waals surface area contributed by atoms with E-state index < -0.39 is 0 Å². The Balaban J connectivity index is 1.42. The summed E-state index contributed by atoms with van der Waals surface area (Å²) in [5.41, 5.74) is 2.41. The molecule has 1 spiro atoms. The number of benzene rings is 2. The van der Waals surface area contributed by atoms with Gasteiger partial charge in [0, 0.05) is 18.8 Å². The van der Waals surface area contributed by atoms with Crippen LogP contribution in [0.3, 0.4) is 0 Å². The van der Waals surface area contributed by atoms with Gasteiger partial charge in [0.05, 0.1) is 12.2 Å². The van der Waals surface area contributed by atoms with Gasteiger partial charge in [-0.25, -0.2) is 9.18 Å². The Morgan fingerprint density at radius 3 is 2.36 bits per heavy atom. The van der Waals surface area contributed by atoms with Crippen molar-refractivity contribution in [1.82, 2.24) is 4.90 Å². The predicted molar refractivity (Wildman–Crippen MR) is 95.0 cm³/mol. The normalized spacial score (nSPS) is 18.7. The molecule has 4 nitrogen and oxygen atoms in total. The Labute approximate surface area is 146 Å². The molecule has 2 aliphatic rings. The molecule has 2 aromatic rings. The minimum Gasteiger partial charge on any atom is -0.375 e. The number of nitrogens with zero attached hydrogens (tertiary/aromatic N) is 1. The number of likely N-dealkylation sites (tertiary alicyclic amines) is 1. The SMILES string of the molecule is O=C(Nc1cccc(-c2cccc(F)c2)c1)N1CCC2(CCO2)CC1. The molecule has 2 amide bonds. The zero-order chi connectivity index (χ0) is 17.3. The monoisotopic (exact) mass is 340 g/mol. The first kappa shape index (κ1) is 16.1. The van der Waals surface area contributed by atoms with Gasteiger partial charge in [0.15, 0.2) is 0 Å². The fourth-order valence-electron chi connectivity index (χ4n) is 3.55. The van der Waals surface area contributed by atoms with Crippen LogP contribution in [-0.2, 0) is 4.74 Å². The lowest BCUT2D eigenvalue weighted by Crippen LogP contribution is -2.54. The summed E-state index contributed by atoms with van der Waals surface area (Å²) < 4.78 is 19.1. The molecule has 25 heavy (non-hydrogen) atoms. The van der Waals surface area contributed by atoms with Crippen LogP contribution in [0.5, 0.6) is 0 Å². The topological polar surface area (TPSA) is 41.6 Å². The molecule has 0 aromatic heterocycles. The van der Waals surface area contributed by atoms with Crippen molar-refractivity contribution in [2.75, 3.05) is 25.0 Å². The number of carbonyl (C=O) groups is 1. The van der Waals surface area contributed by atoms with Crippen molar-refractivity contribution in [2.24, 2.45) is 0 Å². The minimum absolute atomic E-state index is 0.0358. The summed E-state index contributed by atoms with van der Waals surface area (Å²) in [6, 6.07) is 13.8. The number of piperidine rings is 1. The maximum absolute atomic E-state index is 13.4. The molecule has 2 aromatic carbocycles. The predicted octanol–water partition coefficient (Wildman–Crippen LogP) is 4.28. The second kappa shape index (κ2) is 6.48. The Bertz CT molecular complexity index is 779. The van der Waals surface area contributed by atoms with E-state index in [0.717, 1.165) is 50.1 Å². The number of carbonyl (C=O) groups excluding carboxylic acids is 1. The highest BCUT2D eigenvalue weighted by atomic mass is 19.1. The van der Waals surface area contributed by atoms with Gasteiger partial charge in [-0.15, -0.1) is 0 Å². The summed E-state index contributed by atoms with van der Waals surface area (Å²) in [5, 5.41) is 2.95. The number of rotatable bonds is 2. The van der Waals surface area contributed by atoms with Crippen molar-refractivity contribution in [2.45, 2.75) is 24.9 Å². The van der Waals surface area contributed by atoms with Crippen molar-refractivity contribution >= 4 is 11.7 Å². The highest BCUT2D eigenvalue weighted by molar-refractivity contribution is 5.90. The molecule has 0 unspecified atom stereocenters. The molecule has 2 fully saturated rings. The van der Waals surface area contributed by atoms with Gasteiger partial charge in [-0.2, -0.15) is 0 Å². The first-order valence-corrected chi connectivity index (χ1v) is 8.70. The largest absolute Gasteiger partial charge is 0.375 e. The van der Waals surface area contributed by atoms with Gasteiger partial charge in [-0.1, -0.05) is 24.3 Å². The zero-order valence-corrected chi connectivity index (χ0v) is 14.0. The Morgan fingerprint density at radius 2 is 1.72 bits per heavy atom. The number of amides is 2. The number of halogens is 1. The molecule has 130 valence electrons. The van der Waals surface area contributed by atoms with Crippen LogP contribution in [0.2, 0.25) is 0 Å². The van der Waals surface area contributed by atoms with E-state index in [2.05, 4.69) is 5.32 Å². The van der Waals surface area contributed by atoms with Crippen LogP contribution in [0.1, 0.15) is 19.3 Å². The molecule has 0 bridgehead atoms. The number of hydrogen-bond donors (Lipinski definition) is 1. The second-order valence-electron chi connectivity index (χ2n) is 6.79. The first-order valence-electron chi connectivity index (χ1n) is 8.70. The third kappa shape index (κ3) is 3.37. The minimum atomic E-state index is -0.271. The summed E-state index contributed by atoms with van der Waals surface area (Å²) in [7, 11) is 0. The van der Waals surface area contributed by atoms with Crippen molar-refractivity contribution < 1.29 is 13.9 Å². The van der Waals surface area contributed by atoms with Crippen LogP contribution >= 0.6 is 0 Å². The van der Waals surface area contributed by atoms with E-state index in [0.29, 0.717) is 5.69 Å². The average Bonchev–Trinajstić information content (AvgIpc) is 2.61. The number of ether oxygens (including phenoxy) is 1. The van der Waals surface area contributed by atoms with Gasteiger partial charge in [0.25, 0.3) is 0 Å². The smallest absolute Gasteiger partial charge is 0.321 e. The van der Waals surface area contributed by atoms with E-state index in [1.165, 1.54) is 12.1 Å². The molecule has 2 heterocycles. The number of urea groups is 1.